The lowest BCUT2D eigenvalue weighted by atomic mass is 10.1. The third-order valence-corrected chi connectivity index (χ3v) is 7.19. The summed E-state index contributed by atoms with van der Waals surface area (Å²) in [7, 11) is -3.20. The minimum Gasteiger partial charge on any atom is -0.288 e. The highest BCUT2D eigenvalue weighted by molar-refractivity contribution is 7.91. The van der Waals surface area contributed by atoms with Crippen molar-refractivity contribution < 1.29 is 13.2 Å². The summed E-state index contributed by atoms with van der Waals surface area (Å²) < 4.78 is 24.6. The maximum absolute atomic E-state index is 13.2. The number of hydrogen-bond acceptors (Lipinski definition) is 3. The fourth-order valence-electron chi connectivity index (χ4n) is 3.78. The lowest BCUT2D eigenvalue weighted by Crippen LogP contribution is -2.37. The second-order valence-corrected chi connectivity index (χ2v) is 9.57. The molecule has 2 aliphatic heterocycles. The molecular formula is C19H19ClN2O3S. The maximum atomic E-state index is 13.2. The van der Waals surface area contributed by atoms with Crippen molar-refractivity contribution in [1.29, 1.82) is 0 Å². The van der Waals surface area contributed by atoms with Gasteiger partial charge < -0.3 is 0 Å². The molecule has 4 rings (SSSR count). The smallest absolute Gasteiger partial charge is 0.288 e. The van der Waals surface area contributed by atoms with Crippen LogP contribution in [0.25, 0.3) is 0 Å². The van der Waals surface area contributed by atoms with Crippen molar-refractivity contribution in [3.05, 3.63) is 58.6 Å². The van der Waals surface area contributed by atoms with Crippen LogP contribution < -0.4 is 9.80 Å². The number of benzene rings is 2. The summed E-state index contributed by atoms with van der Waals surface area (Å²) in [5.41, 5.74) is 3.60. The number of urea groups is 1. The molecule has 5 nitrogen and oxygen atoms in total. The van der Waals surface area contributed by atoms with Crippen LogP contribution in [0.15, 0.2) is 42.5 Å². The van der Waals surface area contributed by atoms with Gasteiger partial charge >= 0.3 is 6.03 Å². The Morgan fingerprint density at radius 3 is 2.00 bits per heavy atom. The van der Waals surface area contributed by atoms with Crippen LogP contribution in [0.5, 0.6) is 0 Å². The van der Waals surface area contributed by atoms with Gasteiger partial charge in [0.2, 0.25) is 0 Å². The summed E-state index contributed by atoms with van der Waals surface area (Å²) >= 11 is 5.96. The van der Waals surface area contributed by atoms with Gasteiger partial charge in [-0.15, -0.1) is 0 Å². The van der Waals surface area contributed by atoms with Crippen LogP contribution in [-0.4, -0.2) is 38.0 Å². The third-order valence-electron chi connectivity index (χ3n) is 5.24. The Labute approximate surface area is 158 Å². The summed E-state index contributed by atoms with van der Waals surface area (Å²) in [6.07, 6.45) is 0. The summed E-state index contributed by atoms with van der Waals surface area (Å²) in [6.45, 7) is 3.99. The fraction of sp³-hybridized carbons (Fsp3) is 0.316. The average molecular weight is 391 g/mol. The van der Waals surface area contributed by atoms with Crippen LogP contribution in [0.1, 0.15) is 11.1 Å². The molecule has 7 heteroatoms. The number of nitrogens with zero attached hydrogens (tertiary/aromatic N) is 2. The second-order valence-electron chi connectivity index (χ2n) is 6.98. The highest BCUT2D eigenvalue weighted by Gasteiger charge is 2.54. The van der Waals surface area contributed by atoms with Gasteiger partial charge in [0, 0.05) is 16.4 Å². The number of sulfone groups is 1. The Morgan fingerprint density at radius 2 is 1.42 bits per heavy atom. The van der Waals surface area contributed by atoms with Crippen LogP contribution in [0, 0.1) is 13.8 Å². The van der Waals surface area contributed by atoms with Gasteiger partial charge in [0.05, 0.1) is 23.6 Å². The zero-order valence-corrected chi connectivity index (χ0v) is 16.1. The van der Waals surface area contributed by atoms with E-state index in [4.69, 9.17) is 11.6 Å². The van der Waals surface area contributed by atoms with Gasteiger partial charge in [-0.2, -0.15) is 0 Å². The lowest BCUT2D eigenvalue weighted by Gasteiger charge is -2.23. The van der Waals surface area contributed by atoms with Crippen molar-refractivity contribution in [2.24, 2.45) is 0 Å². The molecule has 26 heavy (non-hydrogen) atoms. The van der Waals surface area contributed by atoms with Gasteiger partial charge in [0.15, 0.2) is 9.84 Å². The second kappa shape index (κ2) is 5.99. The number of fused-ring (bicyclic) bond motifs is 1. The average Bonchev–Trinajstić information content (AvgIpc) is 3.00. The number of anilines is 2. The van der Waals surface area contributed by atoms with E-state index in [1.165, 1.54) is 0 Å². The Hall–Kier alpha value is -2.05. The van der Waals surface area contributed by atoms with Gasteiger partial charge in [0.25, 0.3) is 0 Å². The van der Waals surface area contributed by atoms with Gasteiger partial charge in [-0.05, 0) is 61.4 Å². The van der Waals surface area contributed by atoms with E-state index in [9.17, 15) is 13.2 Å². The standard InChI is InChI=1S/C19H19ClN2O3S/c1-12-3-6-16(9-13(12)2)22-18-11-26(24,25)10-17(18)21(19(22)23)15-7-4-14(20)5-8-15/h3-9,17-18H,10-11H2,1-2H3/t17-,18+/m1/s1. The van der Waals surface area contributed by atoms with E-state index in [-0.39, 0.29) is 23.6 Å². The third kappa shape index (κ3) is 2.77. The highest BCUT2D eigenvalue weighted by atomic mass is 35.5. The van der Waals surface area contributed by atoms with Crippen molar-refractivity contribution in [3.8, 4) is 0 Å². The van der Waals surface area contributed by atoms with Crippen LogP contribution in [0.2, 0.25) is 5.02 Å². The molecule has 0 bridgehead atoms. The predicted octanol–water partition coefficient (Wildman–Crippen LogP) is 3.57. The maximum Gasteiger partial charge on any atom is 0.329 e. The molecule has 0 radical (unpaired) electrons. The molecule has 0 saturated carbocycles. The molecule has 2 saturated heterocycles. The summed E-state index contributed by atoms with van der Waals surface area (Å²) in [6, 6.07) is 11.7. The SMILES string of the molecule is Cc1ccc(N2C(=O)N(c3ccc(Cl)cc3)[C@@H]3CS(=O)(=O)C[C@@H]32)cc1C. The summed E-state index contributed by atoms with van der Waals surface area (Å²) in [4.78, 5) is 16.5. The van der Waals surface area contributed by atoms with Gasteiger partial charge in [-0.3, -0.25) is 9.80 Å². The van der Waals surface area contributed by atoms with Gasteiger partial charge in [-0.1, -0.05) is 17.7 Å². The Morgan fingerprint density at radius 1 is 0.885 bits per heavy atom. The minimum atomic E-state index is -3.20. The zero-order valence-electron chi connectivity index (χ0n) is 14.5. The number of carbonyl (C=O) groups excluding carboxylic acids is 1. The molecule has 2 fully saturated rings. The normalized spacial score (nSPS) is 24.2. The first-order valence-corrected chi connectivity index (χ1v) is 10.6. The summed E-state index contributed by atoms with van der Waals surface area (Å²) in [5, 5.41) is 0.571. The molecule has 0 unspecified atom stereocenters. The molecule has 2 atom stereocenters. The van der Waals surface area contributed by atoms with Crippen LogP contribution >= 0.6 is 11.6 Å². The van der Waals surface area contributed by atoms with Gasteiger partial charge in [-0.25, -0.2) is 13.2 Å². The quantitative estimate of drug-likeness (QED) is 0.736. The Balaban J connectivity index is 1.81. The molecule has 0 spiro atoms. The Bertz CT molecular complexity index is 988. The summed E-state index contributed by atoms with van der Waals surface area (Å²) in [5.74, 6) is -0.0339. The lowest BCUT2D eigenvalue weighted by molar-refractivity contribution is 0.255. The minimum absolute atomic E-state index is 0.0135. The van der Waals surface area contributed by atoms with Crippen LogP contribution in [-0.2, 0) is 9.84 Å². The molecule has 2 amide bonds. The van der Waals surface area contributed by atoms with E-state index in [1.807, 2.05) is 32.0 Å². The van der Waals surface area contributed by atoms with Crippen molar-refractivity contribution >= 4 is 38.8 Å². The first kappa shape index (κ1) is 17.4. The fourth-order valence-corrected chi connectivity index (χ4v) is 5.83. The monoisotopic (exact) mass is 390 g/mol. The number of carbonyl (C=O) groups is 1. The van der Waals surface area contributed by atoms with E-state index in [0.29, 0.717) is 10.7 Å². The molecule has 2 aromatic rings. The van der Waals surface area contributed by atoms with Gasteiger partial charge in [0.1, 0.15) is 0 Å². The van der Waals surface area contributed by atoms with Crippen molar-refractivity contribution in [1.82, 2.24) is 0 Å². The first-order valence-electron chi connectivity index (χ1n) is 8.42. The van der Waals surface area contributed by atoms with E-state index < -0.39 is 15.9 Å². The molecule has 2 aliphatic rings. The first-order chi connectivity index (χ1) is 12.3. The molecule has 136 valence electrons. The topological polar surface area (TPSA) is 57.7 Å². The molecule has 2 heterocycles. The van der Waals surface area contributed by atoms with Crippen LogP contribution in [0.4, 0.5) is 16.2 Å². The molecule has 0 N–H and O–H groups in total. The number of hydrogen-bond donors (Lipinski definition) is 0. The number of amides is 2. The van der Waals surface area contributed by atoms with E-state index in [2.05, 4.69) is 0 Å². The predicted molar refractivity (Wildman–Crippen MR) is 104 cm³/mol. The number of aryl methyl sites for hydroxylation is 2. The van der Waals surface area contributed by atoms with Crippen molar-refractivity contribution in [2.45, 2.75) is 25.9 Å². The van der Waals surface area contributed by atoms with E-state index >= 15 is 0 Å². The van der Waals surface area contributed by atoms with E-state index in [0.717, 1.165) is 16.8 Å². The molecule has 2 aromatic carbocycles. The Kier molecular flexibility index (Phi) is 4.00. The van der Waals surface area contributed by atoms with Crippen LogP contribution in [0.3, 0.4) is 0 Å². The molecular weight excluding hydrogens is 372 g/mol. The number of halogens is 1. The van der Waals surface area contributed by atoms with Crippen molar-refractivity contribution in [3.63, 3.8) is 0 Å². The number of rotatable bonds is 2. The largest absolute Gasteiger partial charge is 0.329 e. The molecule has 0 aliphatic carbocycles. The zero-order chi connectivity index (χ0) is 18.6. The molecule has 0 aromatic heterocycles. The van der Waals surface area contributed by atoms with Crippen molar-refractivity contribution in [2.75, 3.05) is 21.3 Å². The van der Waals surface area contributed by atoms with E-state index in [1.54, 1.807) is 34.1 Å². The highest BCUT2D eigenvalue weighted by Crippen LogP contribution is 2.38.